The Kier molecular flexibility index (Phi) is 4.68. The SMILES string of the molecule is CC(=O)Oc1cccc(C(=O)Nc2cccc(C(F)(F)F)c2)c1. The predicted octanol–water partition coefficient (Wildman–Crippen LogP) is 3.88. The summed E-state index contributed by atoms with van der Waals surface area (Å²) in [5, 5.41) is 2.37. The van der Waals surface area contributed by atoms with Crippen LogP contribution in [0.4, 0.5) is 18.9 Å². The second-order valence-electron chi connectivity index (χ2n) is 4.65. The summed E-state index contributed by atoms with van der Waals surface area (Å²) in [7, 11) is 0. The summed E-state index contributed by atoms with van der Waals surface area (Å²) in [6, 6.07) is 10.1. The van der Waals surface area contributed by atoms with Gasteiger partial charge in [0.2, 0.25) is 0 Å². The molecule has 23 heavy (non-hydrogen) atoms. The number of benzene rings is 2. The lowest BCUT2D eigenvalue weighted by molar-refractivity contribution is -0.137. The van der Waals surface area contributed by atoms with Gasteiger partial charge in [-0.05, 0) is 36.4 Å². The molecule has 0 unspecified atom stereocenters. The minimum Gasteiger partial charge on any atom is -0.427 e. The summed E-state index contributed by atoms with van der Waals surface area (Å²) in [5.41, 5.74) is -0.687. The summed E-state index contributed by atoms with van der Waals surface area (Å²) >= 11 is 0. The van der Waals surface area contributed by atoms with E-state index in [0.717, 1.165) is 12.1 Å². The van der Waals surface area contributed by atoms with E-state index >= 15 is 0 Å². The average molecular weight is 323 g/mol. The zero-order chi connectivity index (χ0) is 17.0. The van der Waals surface area contributed by atoms with Crippen LogP contribution in [0.3, 0.4) is 0 Å². The number of hydrogen-bond donors (Lipinski definition) is 1. The Balaban J connectivity index is 2.18. The van der Waals surface area contributed by atoms with E-state index in [1.165, 1.54) is 43.3 Å². The number of anilines is 1. The smallest absolute Gasteiger partial charge is 0.416 e. The fourth-order valence-corrected chi connectivity index (χ4v) is 1.84. The highest BCUT2D eigenvalue weighted by Gasteiger charge is 2.30. The lowest BCUT2D eigenvalue weighted by atomic mass is 10.1. The normalized spacial score (nSPS) is 11.0. The number of halogens is 3. The Morgan fingerprint density at radius 1 is 1.04 bits per heavy atom. The molecule has 0 aliphatic carbocycles. The van der Waals surface area contributed by atoms with Crippen LogP contribution in [0.15, 0.2) is 48.5 Å². The van der Waals surface area contributed by atoms with Gasteiger partial charge in [-0.15, -0.1) is 0 Å². The zero-order valence-corrected chi connectivity index (χ0v) is 12.0. The third-order valence-corrected chi connectivity index (χ3v) is 2.81. The van der Waals surface area contributed by atoms with E-state index in [4.69, 9.17) is 4.74 Å². The molecule has 0 heterocycles. The number of alkyl halides is 3. The number of esters is 1. The van der Waals surface area contributed by atoms with E-state index in [9.17, 15) is 22.8 Å². The van der Waals surface area contributed by atoms with Crippen LogP contribution in [0.2, 0.25) is 0 Å². The first-order valence-corrected chi connectivity index (χ1v) is 6.53. The van der Waals surface area contributed by atoms with Gasteiger partial charge in [0.25, 0.3) is 5.91 Å². The van der Waals surface area contributed by atoms with Gasteiger partial charge in [0.15, 0.2) is 0 Å². The molecule has 0 bridgehead atoms. The Morgan fingerprint density at radius 2 is 1.74 bits per heavy atom. The number of ether oxygens (including phenoxy) is 1. The molecule has 7 heteroatoms. The lowest BCUT2D eigenvalue weighted by Gasteiger charge is -2.10. The van der Waals surface area contributed by atoms with Crippen molar-refractivity contribution in [1.82, 2.24) is 0 Å². The van der Waals surface area contributed by atoms with Gasteiger partial charge in [0.1, 0.15) is 5.75 Å². The second-order valence-corrected chi connectivity index (χ2v) is 4.65. The molecule has 0 saturated carbocycles. The maximum atomic E-state index is 12.6. The van der Waals surface area contributed by atoms with Crippen molar-refractivity contribution in [3.8, 4) is 5.75 Å². The minimum atomic E-state index is -4.49. The fourth-order valence-electron chi connectivity index (χ4n) is 1.84. The molecule has 0 aromatic heterocycles. The molecule has 0 fully saturated rings. The first-order valence-electron chi connectivity index (χ1n) is 6.53. The van der Waals surface area contributed by atoms with Gasteiger partial charge in [0.05, 0.1) is 5.56 Å². The number of hydrogen-bond acceptors (Lipinski definition) is 3. The molecule has 1 amide bonds. The molecule has 0 aliphatic rings. The maximum absolute atomic E-state index is 12.6. The van der Waals surface area contributed by atoms with Crippen LogP contribution in [-0.4, -0.2) is 11.9 Å². The van der Waals surface area contributed by atoms with Gasteiger partial charge in [-0.2, -0.15) is 13.2 Å². The Bertz CT molecular complexity index is 741. The molecule has 0 spiro atoms. The van der Waals surface area contributed by atoms with Crippen LogP contribution >= 0.6 is 0 Å². The number of rotatable bonds is 3. The summed E-state index contributed by atoms with van der Waals surface area (Å²) < 4.78 is 42.8. The summed E-state index contributed by atoms with van der Waals surface area (Å²) in [4.78, 5) is 23.0. The molecular weight excluding hydrogens is 311 g/mol. The van der Waals surface area contributed by atoms with Crippen molar-refractivity contribution in [3.05, 3.63) is 59.7 Å². The molecule has 0 aliphatic heterocycles. The second kappa shape index (κ2) is 6.51. The monoisotopic (exact) mass is 323 g/mol. The first-order chi connectivity index (χ1) is 10.8. The van der Waals surface area contributed by atoms with Crippen molar-refractivity contribution in [2.24, 2.45) is 0 Å². The molecule has 0 radical (unpaired) electrons. The molecule has 2 aromatic carbocycles. The van der Waals surface area contributed by atoms with Gasteiger partial charge in [-0.25, -0.2) is 0 Å². The summed E-state index contributed by atoms with van der Waals surface area (Å²) in [6.07, 6.45) is -4.49. The highest BCUT2D eigenvalue weighted by atomic mass is 19.4. The van der Waals surface area contributed by atoms with Gasteiger partial charge in [-0.3, -0.25) is 9.59 Å². The van der Waals surface area contributed by atoms with Crippen LogP contribution in [0, 0.1) is 0 Å². The third-order valence-electron chi connectivity index (χ3n) is 2.81. The molecule has 4 nitrogen and oxygen atoms in total. The molecule has 0 atom stereocenters. The molecule has 0 saturated heterocycles. The van der Waals surface area contributed by atoms with E-state index in [0.29, 0.717) is 0 Å². The Labute approximate surface area is 129 Å². The first kappa shape index (κ1) is 16.5. The van der Waals surface area contributed by atoms with Crippen molar-refractivity contribution in [2.45, 2.75) is 13.1 Å². The van der Waals surface area contributed by atoms with E-state index in [1.807, 2.05) is 0 Å². The van der Waals surface area contributed by atoms with Gasteiger partial charge < -0.3 is 10.1 Å². The largest absolute Gasteiger partial charge is 0.427 e. The molecule has 2 aromatic rings. The predicted molar refractivity (Wildman–Crippen MR) is 77.1 cm³/mol. The highest BCUT2D eigenvalue weighted by Crippen LogP contribution is 2.30. The zero-order valence-electron chi connectivity index (χ0n) is 12.0. The molecular formula is C16H12F3NO3. The van der Waals surface area contributed by atoms with Crippen LogP contribution in [-0.2, 0) is 11.0 Å². The van der Waals surface area contributed by atoms with Crippen molar-refractivity contribution < 1.29 is 27.5 Å². The van der Waals surface area contributed by atoms with E-state index in [-0.39, 0.29) is 17.0 Å². The van der Waals surface area contributed by atoms with Crippen LogP contribution in [0.25, 0.3) is 0 Å². The maximum Gasteiger partial charge on any atom is 0.416 e. The van der Waals surface area contributed by atoms with E-state index in [1.54, 1.807) is 0 Å². The highest BCUT2D eigenvalue weighted by molar-refractivity contribution is 6.04. The van der Waals surface area contributed by atoms with E-state index in [2.05, 4.69) is 5.32 Å². The van der Waals surface area contributed by atoms with Crippen LogP contribution in [0.5, 0.6) is 5.75 Å². The average Bonchev–Trinajstić information content (AvgIpc) is 2.46. The summed E-state index contributed by atoms with van der Waals surface area (Å²) in [5.74, 6) is -0.979. The Morgan fingerprint density at radius 3 is 2.39 bits per heavy atom. The summed E-state index contributed by atoms with van der Waals surface area (Å²) in [6.45, 7) is 1.22. The minimum absolute atomic E-state index is 0.0164. The van der Waals surface area contributed by atoms with Gasteiger partial charge in [0, 0.05) is 18.2 Å². The van der Waals surface area contributed by atoms with E-state index < -0.39 is 23.6 Å². The Hall–Kier alpha value is -2.83. The quantitative estimate of drug-likeness (QED) is 0.689. The number of nitrogens with one attached hydrogen (secondary N) is 1. The number of carbonyl (C=O) groups excluding carboxylic acids is 2. The third kappa shape index (κ3) is 4.57. The van der Waals surface area contributed by atoms with Crippen LogP contribution < -0.4 is 10.1 Å². The van der Waals surface area contributed by atoms with Crippen molar-refractivity contribution in [2.75, 3.05) is 5.32 Å². The van der Waals surface area contributed by atoms with Crippen molar-refractivity contribution >= 4 is 17.6 Å². The molecule has 2 rings (SSSR count). The topological polar surface area (TPSA) is 55.4 Å². The van der Waals surface area contributed by atoms with Crippen molar-refractivity contribution in [3.63, 3.8) is 0 Å². The number of carbonyl (C=O) groups is 2. The van der Waals surface area contributed by atoms with Crippen molar-refractivity contribution in [1.29, 1.82) is 0 Å². The number of amides is 1. The molecule has 1 N–H and O–H groups in total. The molecule has 120 valence electrons. The van der Waals surface area contributed by atoms with Gasteiger partial charge >= 0.3 is 12.1 Å². The standard InChI is InChI=1S/C16H12F3NO3/c1-10(21)23-14-7-2-4-11(8-14)15(22)20-13-6-3-5-12(9-13)16(17,18)19/h2-9H,1H3,(H,20,22). The van der Waals surface area contributed by atoms with Gasteiger partial charge in [-0.1, -0.05) is 12.1 Å². The van der Waals surface area contributed by atoms with Crippen LogP contribution in [0.1, 0.15) is 22.8 Å². The fraction of sp³-hybridized carbons (Fsp3) is 0.125. The lowest BCUT2D eigenvalue weighted by Crippen LogP contribution is -2.13.